The van der Waals surface area contributed by atoms with E-state index in [0.29, 0.717) is 25.3 Å². The molecule has 0 unspecified atom stereocenters. The quantitative estimate of drug-likeness (QED) is 0.449. The van der Waals surface area contributed by atoms with Crippen LogP contribution in [-0.4, -0.2) is 36.7 Å². The molecule has 0 radical (unpaired) electrons. The van der Waals surface area contributed by atoms with Crippen LogP contribution in [0.4, 0.5) is 0 Å². The summed E-state index contributed by atoms with van der Waals surface area (Å²) in [6, 6.07) is 15.6. The second kappa shape index (κ2) is 8.81. The predicted octanol–water partition coefficient (Wildman–Crippen LogP) is 3.21. The van der Waals surface area contributed by atoms with Crippen molar-refractivity contribution in [1.82, 2.24) is 10.3 Å². The van der Waals surface area contributed by atoms with Gasteiger partial charge >= 0.3 is 11.9 Å². The fourth-order valence-electron chi connectivity index (χ4n) is 4.01. The Bertz CT molecular complexity index is 1070. The van der Waals surface area contributed by atoms with Gasteiger partial charge in [0.15, 0.2) is 0 Å². The Balaban J connectivity index is 1.73. The zero-order chi connectivity index (χ0) is 21.8. The first kappa shape index (κ1) is 20.9. The molecule has 0 fully saturated rings. The summed E-state index contributed by atoms with van der Waals surface area (Å²) >= 11 is 0. The van der Waals surface area contributed by atoms with Crippen molar-refractivity contribution in [3.05, 3.63) is 65.4 Å². The van der Waals surface area contributed by atoms with Crippen LogP contribution in [-0.2, 0) is 37.6 Å². The number of carbonyl (C=O) groups is 2. The lowest BCUT2D eigenvalue weighted by Crippen LogP contribution is -2.60. The number of hydrogen-bond acceptors (Lipinski definition) is 6. The van der Waals surface area contributed by atoms with Crippen molar-refractivity contribution in [1.29, 1.82) is 0 Å². The van der Waals surface area contributed by atoms with E-state index in [1.54, 1.807) is 13.8 Å². The number of rotatable bonds is 7. The lowest BCUT2D eigenvalue weighted by atomic mass is 9.86. The Morgan fingerprint density at radius 1 is 1.00 bits per heavy atom. The van der Waals surface area contributed by atoms with E-state index in [2.05, 4.69) is 10.3 Å². The highest BCUT2D eigenvalue weighted by Gasteiger charge is 2.54. The number of hydrogen-bond donors (Lipinski definition) is 2. The van der Waals surface area contributed by atoms with Crippen molar-refractivity contribution >= 4 is 22.8 Å². The summed E-state index contributed by atoms with van der Waals surface area (Å²) in [5.74, 6) is -0.613. The van der Waals surface area contributed by atoms with Crippen molar-refractivity contribution in [2.24, 2.45) is 0 Å². The molecule has 0 saturated carbocycles. The summed E-state index contributed by atoms with van der Waals surface area (Å²) in [5.41, 5.74) is 1.56. The van der Waals surface area contributed by atoms with Crippen LogP contribution in [0.25, 0.3) is 10.9 Å². The molecule has 0 saturated heterocycles. The number of fused-ring (bicyclic) bond motifs is 3. The summed E-state index contributed by atoms with van der Waals surface area (Å²) in [5, 5.41) is 3.99. The van der Waals surface area contributed by atoms with E-state index in [-0.39, 0.29) is 13.2 Å². The van der Waals surface area contributed by atoms with E-state index in [1.165, 1.54) is 0 Å². The molecule has 1 aliphatic rings. The molecule has 7 nitrogen and oxygen atoms in total. The van der Waals surface area contributed by atoms with E-state index >= 15 is 0 Å². The maximum Gasteiger partial charge on any atom is 0.344 e. The highest BCUT2D eigenvalue weighted by atomic mass is 16.6. The molecular weight excluding hydrogens is 396 g/mol. The average Bonchev–Trinajstić information content (AvgIpc) is 3.17. The zero-order valence-electron chi connectivity index (χ0n) is 17.7. The first-order valence-electron chi connectivity index (χ1n) is 10.5. The van der Waals surface area contributed by atoms with Gasteiger partial charge in [-0.3, -0.25) is 5.32 Å². The molecule has 1 aliphatic heterocycles. The Labute approximate surface area is 180 Å². The second-order valence-corrected chi connectivity index (χ2v) is 7.33. The summed E-state index contributed by atoms with van der Waals surface area (Å²) in [4.78, 5) is 29.2. The number of carbonyl (C=O) groups excluding carboxylic acids is 2. The maximum atomic E-state index is 13.0. The van der Waals surface area contributed by atoms with Crippen LogP contribution in [0.15, 0.2) is 48.5 Å². The molecule has 31 heavy (non-hydrogen) atoms. The van der Waals surface area contributed by atoms with E-state index in [4.69, 9.17) is 14.2 Å². The van der Waals surface area contributed by atoms with Gasteiger partial charge in [-0.25, -0.2) is 9.59 Å². The standard InChI is InChI=1S/C24H26N2O5/c1-3-29-22(27)24(23(28)30-4-2)21-18(12-13-25-24)19-14-17(10-11-20(19)26-21)31-15-16-8-6-5-7-9-16/h5-11,14,25-26H,3-4,12-13,15H2,1-2H3. The Morgan fingerprint density at radius 2 is 1.71 bits per heavy atom. The molecule has 7 heteroatoms. The van der Waals surface area contributed by atoms with Crippen LogP contribution in [0.3, 0.4) is 0 Å². The SMILES string of the molecule is CCOC(=O)C1(C(=O)OCC)NCCc2c1[nH]c1ccc(OCc3ccccc3)cc21. The third-order valence-electron chi connectivity index (χ3n) is 5.43. The predicted molar refractivity (Wildman–Crippen MR) is 116 cm³/mol. The van der Waals surface area contributed by atoms with Gasteiger partial charge in [0, 0.05) is 17.4 Å². The first-order valence-corrected chi connectivity index (χ1v) is 10.5. The van der Waals surface area contributed by atoms with Crippen molar-refractivity contribution in [2.45, 2.75) is 32.4 Å². The molecule has 2 heterocycles. The number of benzene rings is 2. The fraction of sp³-hybridized carbons (Fsp3) is 0.333. The van der Waals surface area contributed by atoms with Crippen LogP contribution in [0, 0.1) is 0 Å². The van der Waals surface area contributed by atoms with Gasteiger partial charge < -0.3 is 19.2 Å². The van der Waals surface area contributed by atoms with Gasteiger partial charge in [0.25, 0.3) is 5.54 Å². The van der Waals surface area contributed by atoms with Crippen LogP contribution < -0.4 is 10.1 Å². The van der Waals surface area contributed by atoms with Crippen LogP contribution in [0.1, 0.15) is 30.7 Å². The summed E-state index contributed by atoms with van der Waals surface area (Å²) in [6.07, 6.45) is 0.651. The molecule has 0 bridgehead atoms. The highest BCUT2D eigenvalue weighted by molar-refractivity contribution is 6.07. The van der Waals surface area contributed by atoms with Gasteiger partial charge in [0.05, 0.1) is 18.9 Å². The lowest BCUT2D eigenvalue weighted by Gasteiger charge is -2.33. The zero-order valence-corrected chi connectivity index (χ0v) is 17.7. The molecule has 0 spiro atoms. The van der Waals surface area contributed by atoms with Gasteiger partial charge in [0.2, 0.25) is 0 Å². The third kappa shape index (κ3) is 3.77. The molecule has 0 amide bonds. The molecule has 162 valence electrons. The van der Waals surface area contributed by atoms with Crippen molar-refractivity contribution in [2.75, 3.05) is 19.8 Å². The fourth-order valence-corrected chi connectivity index (χ4v) is 4.01. The van der Waals surface area contributed by atoms with Crippen LogP contribution >= 0.6 is 0 Å². The molecular formula is C24H26N2O5. The van der Waals surface area contributed by atoms with Gasteiger partial charge in [-0.2, -0.15) is 0 Å². The summed E-state index contributed by atoms with van der Waals surface area (Å²) in [7, 11) is 0. The van der Waals surface area contributed by atoms with E-state index in [9.17, 15) is 9.59 Å². The minimum Gasteiger partial charge on any atom is -0.489 e. The smallest absolute Gasteiger partial charge is 0.344 e. The van der Waals surface area contributed by atoms with Crippen molar-refractivity contribution in [3.8, 4) is 5.75 Å². The van der Waals surface area contributed by atoms with E-state index in [0.717, 1.165) is 27.8 Å². The molecule has 2 aromatic carbocycles. The Kier molecular flexibility index (Phi) is 5.95. The minimum atomic E-state index is -1.70. The van der Waals surface area contributed by atoms with Crippen molar-refractivity contribution < 1.29 is 23.8 Å². The number of H-pyrrole nitrogens is 1. The Hall–Kier alpha value is -3.32. The number of nitrogens with one attached hydrogen (secondary N) is 2. The molecule has 1 aromatic heterocycles. The molecule has 0 atom stereocenters. The Morgan fingerprint density at radius 3 is 2.39 bits per heavy atom. The third-order valence-corrected chi connectivity index (χ3v) is 5.43. The topological polar surface area (TPSA) is 89.7 Å². The van der Waals surface area contributed by atoms with Gasteiger partial charge in [-0.15, -0.1) is 0 Å². The van der Waals surface area contributed by atoms with Crippen LogP contribution in [0.2, 0.25) is 0 Å². The van der Waals surface area contributed by atoms with Gasteiger partial charge in [-0.1, -0.05) is 30.3 Å². The summed E-state index contributed by atoms with van der Waals surface area (Å²) < 4.78 is 16.5. The van der Waals surface area contributed by atoms with Gasteiger partial charge in [-0.05, 0) is 49.6 Å². The first-order chi connectivity index (χ1) is 15.1. The largest absolute Gasteiger partial charge is 0.489 e. The molecule has 3 aromatic rings. The number of aromatic amines is 1. The molecule has 0 aliphatic carbocycles. The molecule has 4 rings (SSSR count). The number of esters is 2. The number of aromatic nitrogens is 1. The van der Waals surface area contributed by atoms with E-state index in [1.807, 2.05) is 48.5 Å². The maximum absolute atomic E-state index is 13.0. The van der Waals surface area contributed by atoms with E-state index < -0.39 is 17.5 Å². The minimum absolute atomic E-state index is 0.161. The summed E-state index contributed by atoms with van der Waals surface area (Å²) in [6.45, 7) is 4.64. The second-order valence-electron chi connectivity index (χ2n) is 7.33. The number of ether oxygens (including phenoxy) is 3. The van der Waals surface area contributed by atoms with Crippen LogP contribution in [0.5, 0.6) is 5.75 Å². The monoisotopic (exact) mass is 422 g/mol. The van der Waals surface area contributed by atoms with Gasteiger partial charge in [0.1, 0.15) is 12.4 Å². The normalized spacial score (nSPS) is 14.6. The average molecular weight is 422 g/mol. The lowest BCUT2D eigenvalue weighted by molar-refractivity contribution is -0.167. The van der Waals surface area contributed by atoms with Crippen molar-refractivity contribution in [3.63, 3.8) is 0 Å². The molecule has 2 N–H and O–H groups in total. The highest BCUT2D eigenvalue weighted by Crippen LogP contribution is 2.37.